The number of nitrogens with zero attached hydrogens (tertiary/aromatic N) is 1. The van der Waals surface area contributed by atoms with Crippen LogP contribution in [0.4, 0.5) is 0 Å². The molecular weight excluding hydrogens is 274 g/mol. The van der Waals surface area contributed by atoms with Crippen molar-refractivity contribution in [3.63, 3.8) is 0 Å². The number of carbonyl (C=O) groups is 2. The van der Waals surface area contributed by atoms with Crippen LogP contribution < -0.4 is 10.6 Å². The molecule has 0 fully saturated rings. The Bertz CT molecular complexity index is 418. The number of rotatable bonds is 8. The van der Waals surface area contributed by atoms with Crippen LogP contribution in [-0.2, 0) is 16.0 Å². The van der Waals surface area contributed by atoms with Crippen molar-refractivity contribution in [3.05, 3.63) is 22.4 Å². The van der Waals surface area contributed by atoms with E-state index in [1.807, 2.05) is 25.3 Å². The highest BCUT2D eigenvalue weighted by Crippen LogP contribution is 2.07. The second kappa shape index (κ2) is 8.71. The number of nitrogens with one attached hydrogen (secondary N) is 2. The van der Waals surface area contributed by atoms with Crippen molar-refractivity contribution in [2.45, 2.75) is 26.3 Å². The zero-order valence-corrected chi connectivity index (χ0v) is 13.1. The van der Waals surface area contributed by atoms with Gasteiger partial charge in [0.1, 0.15) is 0 Å². The Balaban J connectivity index is 2.16. The molecule has 0 aliphatic rings. The van der Waals surface area contributed by atoms with Crippen LogP contribution in [0.15, 0.2) is 17.5 Å². The van der Waals surface area contributed by atoms with Gasteiger partial charge in [0.15, 0.2) is 0 Å². The summed E-state index contributed by atoms with van der Waals surface area (Å²) in [5.41, 5.74) is 0. The van der Waals surface area contributed by atoms with Crippen LogP contribution in [0.2, 0.25) is 0 Å². The molecule has 1 rings (SSSR count). The van der Waals surface area contributed by atoms with Gasteiger partial charge in [0.25, 0.3) is 0 Å². The first kappa shape index (κ1) is 16.7. The minimum Gasteiger partial charge on any atom is -0.355 e. The van der Waals surface area contributed by atoms with Crippen molar-refractivity contribution in [1.82, 2.24) is 15.5 Å². The standard InChI is InChI=1S/C14H23N3O2S/c1-11(2)16-14(19)10-17(3)9-13(18)15-7-6-12-5-4-8-20-12/h4-5,8,11H,6-7,9-10H2,1-3H3,(H,15,18)(H,16,19). The summed E-state index contributed by atoms with van der Waals surface area (Å²) in [5, 5.41) is 7.68. The highest BCUT2D eigenvalue weighted by Gasteiger charge is 2.10. The number of carbonyl (C=O) groups excluding carboxylic acids is 2. The molecule has 0 atom stereocenters. The van der Waals surface area contributed by atoms with Crippen LogP contribution in [0, 0.1) is 0 Å². The largest absolute Gasteiger partial charge is 0.355 e. The van der Waals surface area contributed by atoms with Crippen LogP contribution in [0.5, 0.6) is 0 Å². The summed E-state index contributed by atoms with van der Waals surface area (Å²) in [4.78, 5) is 26.2. The number of hydrogen-bond donors (Lipinski definition) is 2. The van der Waals surface area contributed by atoms with Crippen LogP contribution in [0.3, 0.4) is 0 Å². The van der Waals surface area contributed by atoms with Gasteiger partial charge in [-0.2, -0.15) is 0 Å². The lowest BCUT2D eigenvalue weighted by Gasteiger charge is -2.17. The average molecular weight is 297 g/mol. The van der Waals surface area contributed by atoms with E-state index in [0.29, 0.717) is 6.54 Å². The highest BCUT2D eigenvalue weighted by molar-refractivity contribution is 7.09. The van der Waals surface area contributed by atoms with Gasteiger partial charge in [0.2, 0.25) is 11.8 Å². The fourth-order valence-corrected chi connectivity index (χ4v) is 2.46. The van der Waals surface area contributed by atoms with Crippen molar-refractivity contribution in [3.8, 4) is 0 Å². The third kappa shape index (κ3) is 7.25. The fourth-order valence-electron chi connectivity index (χ4n) is 1.75. The van der Waals surface area contributed by atoms with Crippen LogP contribution >= 0.6 is 11.3 Å². The zero-order valence-electron chi connectivity index (χ0n) is 12.3. The molecule has 20 heavy (non-hydrogen) atoms. The molecule has 1 heterocycles. The molecule has 2 N–H and O–H groups in total. The predicted molar refractivity (Wildman–Crippen MR) is 81.8 cm³/mol. The van der Waals surface area contributed by atoms with Gasteiger partial charge in [-0.3, -0.25) is 14.5 Å². The number of likely N-dealkylation sites (N-methyl/N-ethyl adjacent to an activating group) is 1. The maximum atomic E-state index is 11.7. The number of amides is 2. The van der Waals surface area contributed by atoms with Gasteiger partial charge in [0.05, 0.1) is 13.1 Å². The van der Waals surface area contributed by atoms with Gasteiger partial charge >= 0.3 is 0 Å². The summed E-state index contributed by atoms with van der Waals surface area (Å²) in [5.74, 6) is -0.115. The van der Waals surface area contributed by atoms with Crippen LogP contribution in [0.1, 0.15) is 18.7 Å². The summed E-state index contributed by atoms with van der Waals surface area (Å²) in [6, 6.07) is 4.18. The molecule has 5 nitrogen and oxygen atoms in total. The van der Waals surface area contributed by atoms with Gasteiger partial charge in [0, 0.05) is 17.5 Å². The van der Waals surface area contributed by atoms with E-state index < -0.39 is 0 Å². The molecule has 0 aliphatic heterocycles. The average Bonchev–Trinajstić information content (AvgIpc) is 2.80. The molecule has 0 radical (unpaired) electrons. The van der Waals surface area contributed by atoms with Gasteiger partial charge in [-0.25, -0.2) is 0 Å². The van der Waals surface area contributed by atoms with E-state index in [0.717, 1.165) is 6.42 Å². The molecule has 112 valence electrons. The van der Waals surface area contributed by atoms with E-state index in [2.05, 4.69) is 16.7 Å². The zero-order chi connectivity index (χ0) is 15.0. The molecule has 1 aromatic rings. The predicted octanol–water partition coefficient (Wildman–Crippen LogP) is 0.863. The third-order valence-corrected chi connectivity index (χ3v) is 3.49. The van der Waals surface area contributed by atoms with Crippen LogP contribution in [-0.4, -0.2) is 49.4 Å². The summed E-state index contributed by atoms with van der Waals surface area (Å²) in [6.07, 6.45) is 0.848. The maximum absolute atomic E-state index is 11.7. The van der Waals surface area contributed by atoms with E-state index in [4.69, 9.17) is 0 Å². The number of hydrogen-bond acceptors (Lipinski definition) is 4. The van der Waals surface area contributed by atoms with Crippen LogP contribution in [0.25, 0.3) is 0 Å². The van der Waals surface area contributed by atoms with E-state index in [1.165, 1.54) is 4.88 Å². The topological polar surface area (TPSA) is 61.4 Å². The Morgan fingerprint density at radius 1 is 1.30 bits per heavy atom. The first-order valence-electron chi connectivity index (χ1n) is 6.74. The molecule has 0 saturated heterocycles. The SMILES string of the molecule is CC(C)NC(=O)CN(C)CC(=O)NCCc1cccs1. The molecule has 0 spiro atoms. The molecule has 0 aliphatic carbocycles. The Kier molecular flexibility index (Phi) is 7.25. The minimum absolute atomic E-state index is 0.0543. The molecule has 2 amide bonds. The summed E-state index contributed by atoms with van der Waals surface area (Å²) >= 11 is 1.69. The van der Waals surface area contributed by atoms with Gasteiger partial charge in [-0.15, -0.1) is 11.3 Å². The monoisotopic (exact) mass is 297 g/mol. The summed E-state index contributed by atoms with van der Waals surface area (Å²) in [6.45, 7) is 4.92. The molecule has 1 aromatic heterocycles. The van der Waals surface area contributed by atoms with Crippen molar-refractivity contribution in [2.24, 2.45) is 0 Å². The van der Waals surface area contributed by atoms with Gasteiger partial charge in [-0.05, 0) is 38.8 Å². The smallest absolute Gasteiger partial charge is 0.234 e. The normalized spacial score (nSPS) is 10.8. The van der Waals surface area contributed by atoms with Gasteiger partial charge < -0.3 is 10.6 Å². The Morgan fingerprint density at radius 3 is 2.60 bits per heavy atom. The summed E-state index contributed by atoms with van der Waals surface area (Å²) in [7, 11) is 1.76. The maximum Gasteiger partial charge on any atom is 0.234 e. The first-order valence-corrected chi connectivity index (χ1v) is 7.62. The third-order valence-electron chi connectivity index (χ3n) is 2.55. The lowest BCUT2D eigenvalue weighted by molar-refractivity contribution is -0.124. The molecule has 0 bridgehead atoms. The Hall–Kier alpha value is -1.40. The fraction of sp³-hybridized carbons (Fsp3) is 0.571. The molecule has 0 saturated carbocycles. The van der Waals surface area contributed by atoms with Crippen molar-refractivity contribution in [2.75, 3.05) is 26.7 Å². The van der Waals surface area contributed by atoms with E-state index in [9.17, 15) is 9.59 Å². The molecule has 6 heteroatoms. The summed E-state index contributed by atoms with van der Waals surface area (Å²) < 4.78 is 0. The second-order valence-corrected chi connectivity index (χ2v) is 6.11. The quantitative estimate of drug-likeness (QED) is 0.748. The molecule has 0 unspecified atom stereocenters. The van der Waals surface area contributed by atoms with Crippen molar-refractivity contribution >= 4 is 23.2 Å². The first-order chi connectivity index (χ1) is 9.47. The number of thiophene rings is 1. The van der Waals surface area contributed by atoms with Crippen molar-refractivity contribution in [1.29, 1.82) is 0 Å². The highest BCUT2D eigenvalue weighted by atomic mass is 32.1. The lowest BCUT2D eigenvalue weighted by Crippen LogP contribution is -2.42. The van der Waals surface area contributed by atoms with Crippen molar-refractivity contribution < 1.29 is 9.59 Å². The van der Waals surface area contributed by atoms with Gasteiger partial charge in [-0.1, -0.05) is 6.07 Å². The Labute approximate surface area is 124 Å². The Morgan fingerprint density at radius 2 is 2.00 bits per heavy atom. The second-order valence-electron chi connectivity index (χ2n) is 5.07. The lowest BCUT2D eigenvalue weighted by atomic mass is 10.3. The minimum atomic E-state index is -0.0612. The molecule has 0 aromatic carbocycles. The molecular formula is C14H23N3O2S. The van der Waals surface area contributed by atoms with E-state index >= 15 is 0 Å². The van der Waals surface area contributed by atoms with E-state index in [-0.39, 0.29) is 30.9 Å². The van der Waals surface area contributed by atoms with E-state index in [1.54, 1.807) is 23.3 Å².